The Bertz CT molecular complexity index is 462. The van der Waals surface area contributed by atoms with E-state index in [1.165, 1.54) is 0 Å². The van der Waals surface area contributed by atoms with E-state index in [0.717, 1.165) is 24.2 Å². The van der Waals surface area contributed by atoms with Gasteiger partial charge in [-0.15, -0.1) is 0 Å². The molecule has 90 valence electrons. The van der Waals surface area contributed by atoms with E-state index >= 15 is 0 Å². The van der Waals surface area contributed by atoms with E-state index in [4.69, 9.17) is 5.73 Å². The lowest BCUT2D eigenvalue weighted by molar-refractivity contribution is 0.560. The van der Waals surface area contributed by atoms with Crippen LogP contribution in [0.15, 0.2) is 4.79 Å². The number of hydrogen-bond donors (Lipinski definition) is 1. The number of hydrogen-bond acceptors (Lipinski definition) is 2. The van der Waals surface area contributed by atoms with Crippen LogP contribution in [0.2, 0.25) is 0 Å². The molecule has 4 nitrogen and oxygen atoms in total. The second-order valence-corrected chi connectivity index (χ2v) is 5.65. The van der Waals surface area contributed by atoms with Crippen LogP contribution in [0.25, 0.3) is 0 Å². The minimum atomic E-state index is -0.0864. The molecular formula is C12H21N3O. The smallest absolute Gasteiger partial charge is 0.270 e. The Morgan fingerprint density at radius 3 is 2.38 bits per heavy atom. The maximum atomic E-state index is 12.3. The quantitative estimate of drug-likeness (QED) is 0.767. The highest BCUT2D eigenvalue weighted by Crippen LogP contribution is 2.25. The largest absolute Gasteiger partial charge is 0.325 e. The van der Waals surface area contributed by atoms with Gasteiger partial charge in [0.1, 0.15) is 0 Å². The Balaban J connectivity index is 2.66. The summed E-state index contributed by atoms with van der Waals surface area (Å²) in [5, 5.41) is 0. The fourth-order valence-electron chi connectivity index (χ4n) is 2.64. The molecule has 1 atom stereocenters. The van der Waals surface area contributed by atoms with E-state index in [9.17, 15) is 4.79 Å². The second kappa shape index (κ2) is 3.48. The standard InChI is InChI=1S/C12H21N3O/c1-5-9-10(12(2,3)4)11(16)15-7-8(13)6-14(9)15/h8H,5-7,13H2,1-4H3. The molecule has 2 heterocycles. The molecule has 2 N–H and O–H groups in total. The normalized spacial score (nSPS) is 20.2. The van der Waals surface area contributed by atoms with Gasteiger partial charge in [-0.25, -0.2) is 4.68 Å². The van der Waals surface area contributed by atoms with Gasteiger partial charge in [0.05, 0.1) is 13.1 Å². The first-order valence-electron chi connectivity index (χ1n) is 5.94. The van der Waals surface area contributed by atoms with Crippen molar-refractivity contribution in [3.05, 3.63) is 21.6 Å². The third-order valence-corrected chi connectivity index (χ3v) is 3.24. The topological polar surface area (TPSA) is 53.0 Å². The summed E-state index contributed by atoms with van der Waals surface area (Å²) in [6.07, 6.45) is 0.890. The lowest BCUT2D eigenvalue weighted by atomic mass is 9.86. The molecule has 1 aromatic rings. The summed E-state index contributed by atoms with van der Waals surface area (Å²) >= 11 is 0. The molecule has 0 radical (unpaired) electrons. The number of nitrogens with zero attached hydrogens (tertiary/aromatic N) is 2. The highest BCUT2D eigenvalue weighted by atomic mass is 16.1. The highest BCUT2D eigenvalue weighted by molar-refractivity contribution is 5.27. The molecule has 1 aliphatic heterocycles. The van der Waals surface area contributed by atoms with Gasteiger partial charge in [0.15, 0.2) is 0 Å². The van der Waals surface area contributed by atoms with Gasteiger partial charge in [-0.3, -0.25) is 9.48 Å². The van der Waals surface area contributed by atoms with Crippen molar-refractivity contribution in [1.82, 2.24) is 9.36 Å². The van der Waals surface area contributed by atoms with Gasteiger partial charge in [0.2, 0.25) is 0 Å². The van der Waals surface area contributed by atoms with Crippen LogP contribution in [-0.4, -0.2) is 15.4 Å². The van der Waals surface area contributed by atoms with Crippen LogP contribution in [0.4, 0.5) is 0 Å². The predicted molar refractivity (Wildman–Crippen MR) is 64.7 cm³/mol. The Morgan fingerprint density at radius 1 is 1.31 bits per heavy atom. The minimum absolute atomic E-state index is 0.0864. The first-order valence-corrected chi connectivity index (χ1v) is 5.94. The molecular weight excluding hydrogens is 202 g/mol. The van der Waals surface area contributed by atoms with Crippen molar-refractivity contribution in [2.24, 2.45) is 5.73 Å². The monoisotopic (exact) mass is 223 g/mol. The second-order valence-electron chi connectivity index (χ2n) is 5.65. The molecule has 0 spiro atoms. The SMILES string of the molecule is CCc1c(C(C)(C)C)c(=O)n2n1CC(N)C2. The van der Waals surface area contributed by atoms with Gasteiger partial charge >= 0.3 is 0 Å². The van der Waals surface area contributed by atoms with E-state index < -0.39 is 0 Å². The van der Waals surface area contributed by atoms with E-state index in [1.54, 1.807) is 0 Å². The summed E-state index contributed by atoms with van der Waals surface area (Å²) in [5.74, 6) is 0. The Morgan fingerprint density at radius 2 is 1.88 bits per heavy atom. The molecule has 1 aromatic heterocycles. The van der Waals surface area contributed by atoms with E-state index in [0.29, 0.717) is 6.54 Å². The fraction of sp³-hybridized carbons (Fsp3) is 0.750. The molecule has 1 unspecified atom stereocenters. The lowest BCUT2D eigenvalue weighted by Gasteiger charge is -2.18. The third-order valence-electron chi connectivity index (χ3n) is 3.24. The van der Waals surface area contributed by atoms with Crippen LogP contribution in [0.3, 0.4) is 0 Å². The Labute approximate surface area is 96.0 Å². The molecule has 0 aromatic carbocycles. The van der Waals surface area contributed by atoms with E-state index in [-0.39, 0.29) is 17.0 Å². The van der Waals surface area contributed by atoms with Gasteiger partial charge in [-0.2, -0.15) is 0 Å². The van der Waals surface area contributed by atoms with Crippen molar-refractivity contribution in [2.75, 3.05) is 0 Å². The number of fused-ring (bicyclic) bond motifs is 1. The van der Waals surface area contributed by atoms with Crippen LogP contribution in [0.5, 0.6) is 0 Å². The van der Waals surface area contributed by atoms with Crippen molar-refractivity contribution in [3.63, 3.8) is 0 Å². The predicted octanol–water partition coefficient (Wildman–Crippen LogP) is 0.851. The zero-order chi connectivity index (χ0) is 12.1. The van der Waals surface area contributed by atoms with Crippen LogP contribution >= 0.6 is 0 Å². The molecule has 0 saturated carbocycles. The Kier molecular flexibility index (Phi) is 2.49. The number of nitrogens with two attached hydrogens (primary N) is 1. The Hall–Kier alpha value is -1.03. The molecule has 0 amide bonds. The summed E-state index contributed by atoms with van der Waals surface area (Å²) < 4.78 is 3.89. The summed E-state index contributed by atoms with van der Waals surface area (Å²) in [6.45, 7) is 9.81. The van der Waals surface area contributed by atoms with Crippen LogP contribution in [0, 0.1) is 0 Å². The lowest BCUT2D eigenvalue weighted by Crippen LogP contribution is -2.29. The van der Waals surface area contributed by atoms with Crippen molar-refractivity contribution in [2.45, 2.75) is 58.7 Å². The maximum absolute atomic E-state index is 12.3. The summed E-state index contributed by atoms with van der Waals surface area (Å²) in [6, 6.07) is 0.0898. The van der Waals surface area contributed by atoms with Gasteiger partial charge in [0.25, 0.3) is 5.56 Å². The maximum Gasteiger partial charge on any atom is 0.270 e. The zero-order valence-electron chi connectivity index (χ0n) is 10.6. The number of aromatic nitrogens is 2. The molecule has 0 aliphatic carbocycles. The van der Waals surface area contributed by atoms with Crippen molar-refractivity contribution >= 4 is 0 Å². The van der Waals surface area contributed by atoms with Gasteiger partial charge < -0.3 is 5.73 Å². The van der Waals surface area contributed by atoms with Crippen LogP contribution < -0.4 is 11.3 Å². The van der Waals surface area contributed by atoms with Gasteiger partial charge in [-0.05, 0) is 11.8 Å². The van der Waals surface area contributed by atoms with Crippen molar-refractivity contribution in [3.8, 4) is 0 Å². The summed E-state index contributed by atoms with van der Waals surface area (Å²) in [5.41, 5.74) is 8.08. The molecule has 2 rings (SSSR count). The summed E-state index contributed by atoms with van der Waals surface area (Å²) in [4.78, 5) is 12.3. The third kappa shape index (κ3) is 1.52. The van der Waals surface area contributed by atoms with Crippen LogP contribution in [0.1, 0.15) is 39.0 Å². The molecule has 0 bridgehead atoms. The molecule has 1 aliphatic rings. The molecule has 16 heavy (non-hydrogen) atoms. The first kappa shape index (κ1) is 11.5. The first-order chi connectivity index (χ1) is 7.36. The van der Waals surface area contributed by atoms with Crippen molar-refractivity contribution < 1.29 is 0 Å². The average molecular weight is 223 g/mol. The molecule has 0 fully saturated rings. The fourth-order valence-corrected chi connectivity index (χ4v) is 2.64. The van der Waals surface area contributed by atoms with E-state index in [2.05, 4.69) is 32.4 Å². The molecule has 0 saturated heterocycles. The number of rotatable bonds is 1. The average Bonchev–Trinajstić information content (AvgIpc) is 2.62. The van der Waals surface area contributed by atoms with E-state index in [1.807, 2.05) is 4.68 Å². The van der Waals surface area contributed by atoms with Crippen LogP contribution in [-0.2, 0) is 24.9 Å². The molecule has 4 heteroatoms. The van der Waals surface area contributed by atoms with Crippen molar-refractivity contribution in [1.29, 1.82) is 0 Å². The zero-order valence-corrected chi connectivity index (χ0v) is 10.6. The minimum Gasteiger partial charge on any atom is -0.325 e. The van der Waals surface area contributed by atoms with Gasteiger partial charge in [-0.1, -0.05) is 27.7 Å². The van der Waals surface area contributed by atoms with Gasteiger partial charge in [0, 0.05) is 17.3 Å². The summed E-state index contributed by atoms with van der Waals surface area (Å²) in [7, 11) is 0. The highest BCUT2D eigenvalue weighted by Gasteiger charge is 2.31.